The number of rotatable bonds is 8. The van der Waals surface area contributed by atoms with Crippen molar-refractivity contribution in [1.82, 2.24) is 16.0 Å². The summed E-state index contributed by atoms with van der Waals surface area (Å²) in [4.78, 5) is 45.9. The molecule has 156 valence electrons. The van der Waals surface area contributed by atoms with Gasteiger partial charge in [0.05, 0.1) is 0 Å². The lowest BCUT2D eigenvalue weighted by Gasteiger charge is -2.24. The van der Waals surface area contributed by atoms with Crippen LogP contribution >= 0.6 is 0 Å². The average Bonchev–Trinajstić information content (AvgIpc) is 2.41. The number of alkyl carbamates (subject to hydrolysis) is 2. The van der Waals surface area contributed by atoms with Gasteiger partial charge in [0.25, 0.3) is 0 Å². The molecule has 11 nitrogen and oxygen atoms in total. The molecule has 0 heterocycles. The number of carboxylic acids is 2. The average molecular weight is 391 g/mol. The number of amides is 2. The summed E-state index contributed by atoms with van der Waals surface area (Å²) in [6, 6.07) is -2.84. The summed E-state index contributed by atoms with van der Waals surface area (Å²) in [5, 5.41) is 25.3. The Kier molecular flexibility index (Phi) is 9.01. The Morgan fingerprint density at radius 3 is 1.26 bits per heavy atom. The molecule has 0 spiro atoms. The summed E-state index contributed by atoms with van der Waals surface area (Å²) in [5.41, 5.74) is -1.53. The van der Waals surface area contributed by atoms with Gasteiger partial charge in [0.15, 0.2) is 0 Å². The van der Waals surface area contributed by atoms with Gasteiger partial charge in [0.2, 0.25) is 0 Å². The van der Waals surface area contributed by atoms with Gasteiger partial charge in [-0.3, -0.25) is 14.9 Å². The van der Waals surface area contributed by atoms with Crippen LogP contribution in [0.4, 0.5) is 9.59 Å². The van der Waals surface area contributed by atoms with E-state index in [0.29, 0.717) is 0 Å². The minimum Gasteiger partial charge on any atom is -0.480 e. The minimum absolute atomic E-state index is 0.416. The van der Waals surface area contributed by atoms with Crippen molar-refractivity contribution in [1.29, 1.82) is 0 Å². The lowest BCUT2D eigenvalue weighted by molar-refractivity contribution is -0.142. The number of carbonyl (C=O) groups excluding carboxylic acids is 2. The quantitative estimate of drug-likeness (QED) is 0.397. The lowest BCUT2D eigenvalue weighted by atomic mass is 10.2. The summed E-state index contributed by atoms with van der Waals surface area (Å²) in [7, 11) is 0. The van der Waals surface area contributed by atoms with Crippen LogP contribution in [-0.4, -0.2) is 70.7 Å². The number of ether oxygens (including phenoxy) is 2. The fourth-order valence-electron chi connectivity index (χ4n) is 1.68. The van der Waals surface area contributed by atoms with Crippen molar-refractivity contribution < 1.29 is 38.9 Å². The molecule has 2 amide bonds. The van der Waals surface area contributed by atoms with Gasteiger partial charge in [-0.15, -0.1) is 0 Å². The van der Waals surface area contributed by atoms with Crippen LogP contribution in [-0.2, 0) is 19.1 Å². The molecule has 1 unspecified atom stereocenters. The Morgan fingerprint density at radius 1 is 0.741 bits per heavy atom. The number of hydrogen-bond donors (Lipinski definition) is 5. The molecule has 0 aliphatic rings. The van der Waals surface area contributed by atoms with Crippen LogP contribution in [0.3, 0.4) is 0 Å². The fraction of sp³-hybridized carbons (Fsp3) is 0.750. The van der Waals surface area contributed by atoms with Gasteiger partial charge in [0, 0.05) is 13.1 Å². The highest BCUT2D eigenvalue weighted by molar-refractivity contribution is 5.79. The van der Waals surface area contributed by atoms with Crippen molar-refractivity contribution in [2.75, 3.05) is 13.1 Å². The van der Waals surface area contributed by atoms with E-state index in [1.165, 1.54) is 0 Å². The maximum atomic E-state index is 11.6. The third-order valence-electron chi connectivity index (χ3n) is 2.70. The molecule has 0 aromatic heterocycles. The van der Waals surface area contributed by atoms with Crippen molar-refractivity contribution in [3.63, 3.8) is 0 Å². The smallest absolute Gasteiger partial charge is 0.407 e. The van der Waals surface area contributed by atoms with Gasteiger partial charge >= 0.3 is 24.1 Å². The molecular formula is C16H29N3O8. The van der Waals surface area contributed by atoms with E-state index in [2.05, 4.69) is 16.0 Å². The van der Waals surface area contributed by atoms with E-state index in [-0.39, 0.29) is 0 Å². The van der Waals surface area contributed by atoms with Crippen LogP contribution < -0.4 is 16.0 Å². The largest absolute Gasteiger partial charge is 0.480 e. The van der Waals surface area contributed by atoms with E-state index in [4.69, 9.17) is 9.47 Å². The first kappa shape index (κ1) is 24.4. The monoisotopic (exact) mass is 391 g/mol. The van der Waals surface area contributed by atoms with Crippen molar-refractivity contribution in [3.05, 3.63) is 0 Å². The lowest BCUT2D eigenvalue weighted by Crippen LogP contribution is -2.56. The second-order valence-corrected chi connectivity index (χ2v) is 7.71. The van der Waals surface area contributed by atoms with Crippen molar-refractivity contribution >= 4 is 24.1 Å². The van der Waals surface area contributed by atoms with Gasteiger partial charge in [-0.25, -0.2) is 9.59 Å². The SMILES string of the molecule is CC(C)(C)OC(=O)NCC(N[C@@H](CNC(=O)OC(C)(C)C)C(=O)O)C(=O)O. The van der Waals surface area contributed by atoms with Crippen LogP contribution in [0.5, 0.6) is 0 Å². The number of aliphatic carboxylic acids is 2. The van der Waals surface area contributed by atoms with Gasteiger partial charge in [0.1, 0.15) is 23.3 Å². The Morgan fingerprint density at radius 2 is 1.04 bits per heavy atom. The van der Waals surface area contributed by atoms with Crippen molar-refractivity contribution in [2.24, 2.45) is 0 Å². The highest BCUT2D eigenvalue weighted by Gasteiger charge is 2.28. The zero-order valence-electron chi connectivity index (χ0n) is 16.4. The van der Waals surface area contributed by atoms with Crippen molar-refractivity contribution in [3.8, 4) is 0 Å². The molecule has 11 heteroatoms. The molecule has 0 aliphatic carbocycles. The Labute approximate surface area is 157 Å². The first-order valence-corrected chi connectivity index (χ1v) is 8.26. The second-order valence-electron chi connectivity index (χ2n) is 7.71. The van der Waals surface area contributed by atoms with E-state index < -0.39 is 60.5 Å². The molecule has 0 radical (unpaired) electrons. The molecule has 0 aromatic carbocycles. The summed E-state index contributed by atoms with van der Waals surface area (Å²) < 4.78 is 9.97. The molecule has 5 N–H and O–H groups in total. The molecule has 0 fully saturated rings. The third kappa shape index (κ3) is 12.4. The predicted octanol–water partition coefficient (Wildman–Crippen LogP) is 0.532. The Hall–Kier alpha value is -2.56. The molecule has 2 atom stereocenters. The third-order valence-corrected chi connectivity index (χ3v) is 2.70. The predicted molar refractivity (Wildman–Crippen MR) is 94.5 cm³/mol. The van der Waals surface area contributed by atoms with Crippen LogP contribution in [0.15, 0.2) is 0 Å². The minimum atomic E-state index is -1.42. The normalized spacial score (nSPS) is 13.9. The molecule has 0 saturated carbocycles. The summed E-state index contributed by atoms with van der Waals surface area (Å²) in [6.45, 7) is 9.01. The van der Waals surface area contributed by atoms with Crippen LogP contribution in [0, 0.1) is 0 Å². The van der Waals surface area contributed by atoms with Crippen LogP contribution in [0.25, 0.3) is 0 Å². The molecular weight excluding hydrogens is 362 g/mol. The molecule has 0 aliphatic heterocycles. The zero-order valence-corrected chi connectivity index (χ0v) is 16.4. The van der Waals surface area contributed by atoms with E-state index >= 15 is 0 Å². The number of carbonyl (C=O) groups is 4. The van der Waals surface area contributed by atoms with E-state index in [1.54, 1.807) is 41.5 Å². The maximum Gasteiger partial charge on any atom is 0.407 e. The highest BCUT2D eigenvalue weighted by atomic mass is 16.6. The number of nitrogens with one attached hydrogen (secondary N) is 3. The highest BCUT2D eigenvalue weighted by Crippen LogP contribution is 2.07. The summed E-state index contributed by atoms with van der Waals surface area (Å²) >= 11 is 0. The first-order valence-electron chi connectivity index (χ1n) is 8.26. The molecule has 0 rings (SSSR count). The molecule has 27 heavy (non-hydrogen) atoms. The summed E-state index contributed by atoms with van der Waals surface area (Å²) in [6.07, 6.45) is -1.68. The fourth-order valence-corrected chi connectivity index (χ4v) is 1.68. The summed E-state index contributed by atoms with van der Waals surface area (Å²) in [5.74, 6) is -2.76. The van der Waals surface area contributed by atoms with Crippen LogP contribution in [0.1, 0.15) is 41.5 Å². The maximum absolute atomic E-state index is 11.6. The zero-order chi connectivity index (χ0) is 21.4. The Bertz CT molecular complexity index is 503. The van der Waals surface area contributed by atoms with Crippen molar-refractivity contribution in [2.45, 2.75) is 64.8 Å². The van der Waals surface area contributed by atoms with Gasteiger partial charge in [-0.05, 0) is 41.5 Å². The van der Waals surface area contributed by atoms with Gasteiger partial charge in [-0.2, -0.15) is 0 Å². The van der Waals surface area contributed by atoms with E-state index in [1.807, 2.05) is 0 Å². The Balaban J connectivity index is 4.76. The molecule has 0 saturated heterocycles. The number of carboxylic acid groups (broad SMARTS) is 2. The molecule has 0 aromatic rings. The van der Waals surface area contributed by atoms with Gasteiger partial charge < -0.3 is 30.3 Å². The molecule has 0 bridgehead atoms. The second kappa shape index (κ2) is 9.95. The number of hydrogen-bond acceptors (Lipinski definition) is 7. The first-order chi connectivity index (χ1) is 12.1. The standard InChI is InChI=1S/C16H29N3O8/c1-15(2,3)26-13(24)17-7-9(11(20)21)19-10(12(22)23)8-18-14(25)27-16(4,5)6/h9-10,19H,7-8H2,1-6H3,(H,17,24)(H,18,25)(H,20,21)(H,22,23)/t9-,10?/m0/s1. The topological polar surface area (TPSA) is 163 Å². The van der Waals surface area contributed by atoms with E-state index in [9.17, 15) is 29.4 Å². The van der Waals surface area contributed by atoms with Crippen LogP contribution in [0.2, 0.25) is 0 Å². The van der Waals surface area contributed by atoms with Gasteiger partial charge in [-0.1, -0.05) is 0 Å². The van der Waals surface area contributed by atoms with E-state index in [0.717, 1.165) is 0 Å².